The van der Waals surface area contributed by atoms with Crippen LogP contribution in [-0.2, 0) is 11.0 Å². The highest BCUT2D eigenvalue weighted by atomic mass is 32.1. The Hall–Kier alpha value is -4.06. The quantitative estimate of drug-likeness (QED) is 0.244. The molecule has 1 aliphatic carbocycles. The Morgan fingerprint density at radius 2 is 2.03 bits per heavy atom. The van der Waals surface area contributed by atoms with Gasteiger partial charge in [-0.25, -0.2) is 4.79 Å². The lowest BCUT2D eigenvalue weighted by Crippen LogP contribution is -2.31. The van der Waals surface area contributed by atoms with Crippen LogP contribution in [0.25, 0.3) is 22.6 Å². The molecule has 8 nitrogen and oxygen atoms in total. The summed E-state index contributed by atoms with van der Waals surface area (Å²) < 4.78 is 46.7. The first kappa shape index (κ1) is 23.7. The van der Waals surface area contributed by atoms with E-state index in [2.05, 4.69) is 20.5 Å². The third-order valence-corrected chi connectivity index (χ3v) is 6.97. The SMILES string of the molecule is COc1ccc(C=C(c2ccc3[nH]ncc3c2)c2sc(NC3(C(=O)O)CC3)nc2O)c(C(F)(F)F)c1. The van der Waals surface area contributed by atoms with E-state index < -0.39 is 29.1 Å². The minimum absolute atomic E-state index is 0.0522. The lowest BCUT2D eigenvalue weighted by atomic mass is 9.97. The van der Waals surface area contributed by atoms with Crippen LogP contribution in [0.3, 0.4) is 0 Å². The first-order valence-corrected chi connectivity index (χ1v) is 11.5. The van der Waals surface area contributed by atoms with E-state index in [9.17, 15) is 28.2 Å². The van der Waals surface area contributed by atoms with E-state index >= 15 is 0 Å². The zero-order valence-electron chi connectivity index (χ0n) is 18.7. The molecule has 2 heterocycles. The van der Waals surface area contributed by atoms with Crippen LogP contribution in [-0.4, -0.2) is 44.0 Å². The maximum absolute atomic E-state index is 13.9. The van der Waals surface area contributed by atoms with Crippen molar-refractivity contribution in [2.75, 3.05) is 12.4 Å². The van der Waals surface area contributed by atoms with Crippen molar-refractivity contribution in [3.05, 3.63) is 64.2 Å². The number of H-pyrrole nitrogens is 1. The summed E-state index contributed by atoms with van der Waals surface area (Å²) >= 11 is 0.961. The van der Waals surface area contributed by atoms with Crippen LogP contribution in [0, 0.1) is 0 Å². The van der Waals surface area contributed by atoms with Crippen molar-refractivity contribution in [1.82, 2.24) is 15.2 Å². The molecule has 0 aliphatic heterocycles. The first-order chi connectivity index (χ1) is 17.1. The van der Waals surface area contributed by atoms with Crippen molar-refractivity contribution >= 4 is 45.0 Å². The number of aromatic amines is 1. The number of hydrogen-bond donors (Lipinski definition) is 4. The number of anilines is 1. The fourth-order valence-electron chi connectivity index (χ4n) is 3.84. The van der Waals surface area contributed by atoms with Gasteiger partial charge < -0.3 is 20.3 Å². The number of rotatable bonds is 7. The summed E-state index contributed by atoms with van der Waals surface area (Å²) in [5, 5.41) is 30.7. The molecule has 0 bridgehead atoms. The molecule has 2 aromatic heterocycles. The van der Waals surface area contributed by atoms with Crippen LogP contribution in [0.2, 0.25) is 0 Å². The van der Waals surface area contributed by atoms with E-state index in [4.69, 9.17) is 4.74 Å². The second-order valence-electron chi connectivity index (χ2n) is 8.36. The number of nitrogens with zero attached hydrogens (tertiary/aromatic N) is 2. The lowest BCUT2D eigenvalue weighted by Gasteiger charge is -2.14. The molecule has 4 N–H and O–H groups in total. The molecule has 186 valence electrons. The summed E-state index contributed by atoms with van der Waals surface area (Å²) in [6.07, 6.45) is -0.960. The van der Waals surface area contributed by atoms with Gasteiger partial charge in [0.25, 0.3) is 0 Å². The molecule has 1 fully saturated rings. The third-order valence-electron chi connectivity index (χ3n) is 5.98. The maximum atomic E-state index is 13.9. The van der Waals surface area contributed by atoms with Crippen LogP contribution in [0.1, 0.15) is 34.4 Å². The van der Waals surface area contributed by atoms with Crippen LogP contribution in [0.15, 0.2) is 42.6 Å². The number of thiazole rings is 1. The highest BCUT2D eigenvalue weighted by Gasteiger charge is 2.51. The Balaban J connectivity index is 1.67. The number of nitrogens with one attached hydrogen (secondary N) is 2. The Kier molecular flexibility index (Phi) is 5.62. The van der Waals surface area contributed by atoms with E-state index in [0.29, 0.717) is 23.8 Å². The van der Waals surface area contributed by atoms with E-state index in [-0.39, 0.29) is 26.9 Å². The van der Waals surface area contributed by atoms with E-state index in [1.807, 2.05) is 0 Å². The number of alkyl halides is 3. The molecule has 0 unspecified atom stereocenters. The Morgan fingerprint density at radius 3 is 2.69 bits per heavy atom. The summed E-state index contributed by atoms with van der Waals surface area (Å²) in [6.45, 7) is 0. The summed E-state index contributed by atoms with van der Waals surface area (Å²) in [5.74, 6) is -1.41. The molecule has 2 aromatic carbocycles. The molecule has 0 atom stereocenters. The number of aromatic nitrogens is 3. The van der Waals surface area contributed by atoms with Gasteiger partial charge in [-0.1, -0.05) is 23.5 Å². The average molecular weight is 517 g/mol. The van der Waals surface area contributed by atoms with Gasteiger partial charge in [0.05, 0.1) is 24.4 Å². The number of hydrogen-bond acceptors (Lipinski definition) is 7. The van der Waals surface area contributed by atoms with Gasteiger partial charge in [0.15, 0.2) is 5.13 Å². The lowest BCUT2D eigenvalue weighted by molar-refractivity contribution is -0.139. The summed E-state index contributed by atoms with van der Waals surface area (Å²) in [5.41, 5.74) is -0.687. The number of halogens is 3. The molecular weight excluding hydrogens is 497 g/mol. The molecule has 12 heteroatoms. The smallest absolute Gasteiger partial charge is 0.417 e. The molecule has 0 spiro atoms. The van der Waals surface area contributed by atoms with Gasteiger partial charge in [-0.05, 0) is 54.3 Å². The van der Waals surface area contributed by atoms with E-state index in [1.54, 1.807) is 24.4 Å². The van der Waals surface area contributed by atoms with Gasteiger partial charge in [0.1, 0.15) is 16.2 Å². The topological polar surface area (TPSA) is 120 Å². The van der Waals surface area contributed by atoms with E-state index in [0.717, 1.165) is 22.9 Å². The van der Waals surface area contributed by atoms with Crippen LogP contribution < -0.4 is 10.1 Å². The normalized spacial score (nSPS) is 15.2. The molecule has 0 amide bonds. The number of methoxy groups -OCH3 is 1. The van der Waals surface area contributed by atoms with Gasteiger partial charge in [-0.3, -0.25) is 5.10 Å². The van der Waals surface area contributed by atoms with Crippen molar-refractivity contribution in [1.29, 1.82) is 0 Å². The number of ether oxygens (including phenoxy) is 1. The van der Waals surface area contributed by atoms with Crippen molar-refractivity contribution < 1.29 is 32.9 Å². The second kappa shape index (κ2) is 8.55. The van der Waals surface area contributed by atoms with Crippen LogP contribution >= 0.6 is 11.3 Å². The van der Waals surface area contributed by atoms with E-state index in [1.165, 1.54) is 25.3 Å². The zero-order valence-corrected chi connectivity index (χ0v) is 19.5. The largest absolute Gasteiger partial charge is 0.497 e. The number of aromatic hydroxyl groups is 1. The van der Waals surface area contributed by atoms with Gasteiger partial charge in [-0.15, -0.1) is 0 Å². The molecule has 5 rings (SSSR count). The summed E-state index contributed by atoms with van der Waals surface area (Å²) in [4.78, 5) is 15.8. The van der Waals surface area contributed by atoms with Crippen LogP contribution in [0.5, 0.6) is 11.6 Å². The predicted molar refractivity (Wildman–Crippen MR) is 128 cm³/mol. The number of aliphatic carboxylic acids is 1. The van der Waals surface area contributed by atoms with Crippen molar-refractivity contribution in [3.63, 3.8) is 0 Å². The molecule has 0 radical (unpaired) electrons. The minimum atomic E-state index is -4.66. The van der Waals surface area contributed by atoms with Crippen LogP contribution in [0.4, 0.5) is 18.3 Å². The van der Waals surface area contributed by atoms with Gasteiger partial charge >= 0.3 is 12.1 Å². The third kappa shape index (κ3) is 4.35. The fourth-order valence-corrected chi connectivity index (χ4v) is 4.84. The Bertz CT molecular complexity index is 1500. The Morgan fingerprint density at radius 1 is 1.25 bits per heavy atom. The number of carboxylic acid groups (broad SMARTS) is 1. The number of carboxylic acids is 1. The molecule has 1 aliphatic rings. The monoisotopic (exact) mass is 516 g/mol. The van der Waals surface area contributed by atoms with Crippen molar-refractivity contribution in [2.45, 2.75) is 24.6 Å². The highest BCUT2D eigenvalue weighted by molar-refractivity contribution is 7.17. The molecule has 1 saturated carbocycles. The molecule has 4 aromatic rings. The van der Waals surface area contributed by atoms with Gasteiger partial charge in [0, 0.05) is 11.0 Å². The van der Waals surface area contributed by atoms with Gasteiger partial charge in [-0.2, -0.15) is 23.3 Å². The highest BCUT2D eigenvalue weighted by Crippen LogP contribution is 2.45. The summed E-state index contributed by atoms with van der Waals surface area (Å²) in [7, 11) is 1.28. The minimum Gasteiger partial charge on any atom is -0.497 e. The molecule has 0 saturated heterocycles. The fraction of sp³-hybridized carbons (Fsp3) is 0.208. The predicted octanol–water partition coefficient (Wildman–Crippen LogP) is 5.37. The standard InChI is InChI=1S/C24H19F3N4O4S/c1-35-15-4-2-13(17(10-15)24(25,26)27)9-16(12-3-5-18-14(8-12)11-28-31-18)19-20(32)29-22(36-19)30-23(6-7-23)21(33)34/h2-5,8-11,32H,6-7H2,1H3,(H,28,31)(H,29,30)(H,33,34). The van der Waals surface area contributed by atoms with Crippen molar-refractivity contribution in [3.8, 4) is 11.6 Å². The number of carbonyl (C=O) groups is 1. The molecular formula is C24H19F3N4O4S. The summed E-state index contributed by atoms with van der Waals surface area (Å²) in [6, 6.07) is 8.76. The number of benzene rings is 2. The average Bonchev–Trinajstić information content (AvgIpc) is 3.31. The first-order valence-electron chi connectivity index (χ1n) is 10.7. The molecule has 36 heavy (non-hydrogen) atoms. The zero-order chi connectivity index (χ0) is 25.7. The van der Waals surface area contributed by atoms with Gasteiger partial charge in [0.2, 0.25) is 5.88 Å². The Labute approximate surface area is 206 Å². The number of fused-ring (bicyclic) bond motifs is 1. The maximum Gasteiger partial charge on any atom is 0.417 e. The second-order valence-corrected chi connectivity index (χ2v) is 9.36. The van der Waals surface area contributed by atoms with Crippen molar-refractivity contribution in [2.24, 2.45) is 0 Å².